The summed E-state index contributed by atoms with van der Waals surface area (Å²) in [4.78, 5) is 4.36. The fourth-order valence-corrected chi connectivity index (χ4v) is 2.19. The molecule has 88 valence electrons. The zero-order valence-electron chi connectivity index (χ0n) is 10.0. The number of nitrogens with one attached hydrogen (secondary N) is 1. The van der Waals surface area contributed by atoms with Gasteiger partial charge in [-0.2, -0.15) is 0 Å². The van der Waals surface area contributed by atoms with Gasteiger partial charge in [0.05, 0.1) is 12.3 Å². The van der Waals surface area contributed by atoms with Crippen LogP contribution in [0.4, 0.5) is 0 Å². The molecule has 0 aromatic carbocycles. The lowest BCUT2D eigenvalue weighted by atomic mass is 9.99. The average molecular weight is 220 g/mol. The van der Waals surface area contributed by atoms with Crippen molar-refractivity contribution in [1.29, 1.82) is 0 Å². The van der Waals surface area contributed by atoms with E-state index in [0.717, 1.165) is 18.9 Å². The van der Waals surface area contributed by atoms with Gasteiger partial charge in [0.25, 0.3) is 0 Å². The van der Waals surface area contributed by atoms with Crippen LogP contribution in [0.1, 0.15) is 32.0 Å². The molecule has 16 heavy (non-hydrogen) atoms. The lowest BCUT2D eigenvalue weighted by molar-refractivity contribution is 0.177. The molecule has 2 heterocycles. The van der Waals surface area contributed by atoms with Gasteiger partial charge in [-0.3, -0.25) is 4.98 Å². The van der Waals surface area contributed by atoms with Gasteiger partial charge >= 0.3 is 0 Å². The fourth-order valence-electron chi connectivity index (χ4n) is 2.19. The molecule has 1 aliphatic heterocycles. The normalized spacial score (nSPS) is 24.2. The second-order valence-corrected chi connectivity index (χ2v) is 4.56. The lowest BCUT2D eigenvalue weighted by Gasteiger charge is -2.23. The van der Waals surface area contributed by atoms with E-state index in [9.17, 15) is 0 Å². The molecule has 1 aromatic heterocycles. The van der Waals surface area contributed by atoms with E-state index in [4.69, 9.17) is 4.74 Å². The quantitative estimate of drug-likeness (QED) is 0.844. The fraction of sp³-hybridized carbons (Fsp3) is 0.615. The first kappa shape index (κ1) is 11.6. The third kappa shape index (κ3) is 2.80. The number of nitrogens with zero attached hydrogens (tertiary/aromatic N) is 1. The zero-order valence-corrected chi connectivity index (χ0v) is 10.0. The van der Waals surface area contributed by atoms with Crippen molar-refractivity contribution in [3.8, 4) is 0 Å². The summed E-state index contributed by atoms with van der Waals surface area (Å²) in [5.41, 5.74) is 1.10. The van der Waals surface area contributed by atoms with Crippen molar-refractivity contribution < 1.29 is 4.74 Å². The van der Waals surface area contributed by atoms with Gasteiger partial charge in [-0.1, -0.05) is 6.07 Å². The molecule has 3 atom stereocenters. The summed E-state index contributed by atoms with van der Waals surface area (Å²) < 4.78 is 5.41. The van der Waals surface area contributed by atoms with Gasteiger partial charge in [0.1, 0.15) is 0 Å². The van der Waals surface area contributed by atoms with E-state index >= 15 is 0 Å². The van der Waals surface area contributed by atoms with Crippen molar-refractivity contribution in [2.24, 2.45) is 5.92 Å². The first-order valence-corrected chi connectivity index (χ1v) is 6.02. The van der Waals surface area contributed by atoms with Crippen molar-refractivity contribution >= 4 is 0 Å². The summed E-state index contributed by atoms with van der Waals surface area (Å²) in [6, 6.07) is 6.83. The van der Waals surface area contributed by atoms with E-state index in [-0.39, 0.29) is 0 Å². The summed E-state index contributed by atoms with van der Waals surface area (Å²) in [5.74, 6) is 0.645. The van der Waals surface area contributed by atoms with Crippen LogP contribution < -0.4 is 5.32 Å². The van der Waals surface area contributed by atoms with Crippen molar-refractivity contribution in [2.45, 2.75) is 32.4 Å². The van der Waals surface area contributed by atoms with Crippen molar-refractivity contribution in [2.75, 3.05) is 13.2 Å². The van der Waals surface area contributed by atoms with Gasteiger partial charge in [-0.05, 0) is 38.3 Å². The van der Waals surface area contributed by atoms with Crippen LogP contribution in [0.15, 0.2) is 24.4 Å². The van der Waals surface area contributed by atoms with Crippen LogP contribution in [0.25, 0.3) is 0 Å². The van der Waals surface area contributed by atoms with Crippen LogP contribution in [0.2, 0.25) is 0 Å². The molecule has 0 amide bonds. The van der Waals surface area contributed by atoms with E-state index < -0.39 is 0 Å². The van der Waals surface area contributed by atoms with Crippen LogP contribution in [0.5, 0.6) is 0 Å². The van der Waals surface area contributed by atoms with Crippen LogP contribution >= 0.6 is 0 Å². The highest BCUT2D eigenvalue weighted by Gasteiger charge is 2.23. The summed E-state index contributed by atoms with van der Waals surface area (Å²) in [6.07, 6.45) is 3.01. The van der Waals surface area contributed by atoms with E-state index in [1.807, 2.05) is 18.3 Å². The smallest absolute Gasteiger partial charge is 0.0570 e. The number of ether oxygens (including phenoxy) is 1. The summed E-state index contributed by atoms with van der Waals surface area (Å²) in [6.45, 7) is 6.20. The molecule has 1 N–H and O–H groups in total. The second kappa shape index (κ2) is 5.41. The Morgan fingerprint density at radius 1 is 1.44 bits per heavy atom. The van der Waals surface area contributed by atoms with Crippen molar-refractivity contribution in [3.63, 3.8) is 0 Å². The Kier molecular flexibility index (Phi) is 3.91. The molecule has 3 nitrogen and oxygen atoms in total. The van der Waals surface area contributed by atoms with Crippen molar-refractivity contribution in [3.05, 3.63) is 30.1 Å². The highest BCUT2D eigenvalue weighted by atomic mass is 16.5. The molecule has 0 bridgehead atoms. The van der Waals surface area contributed by atoms with Gasteiger partial charge < -0.3 is 10.1 Å². The first-order valence-electron chi connectivity index (χ1n) is 6.02. The molecule has 2 rings (SSSR count). The topological polar surface area (TPSA) is 34.1 Å². The lowest BCUT2D eigenvalue weighted by Crippen LogP contribution is -2.35. The minimum atomic E-state index is 0.303. The Hall–Kier alpha value is -0.930. The molecular formula is C13H20N2O. The molecule has 1 aliphatic rings. The Morgan fingerprint density at radius 2 is 2.31 bits per heavy atom. The van der Waals surface area contributed by atoms with Crippen molar-refractivity contribution in [1.82, 2.24) is 10.3 Å². The number of rotatable bonds is 4. The Morgan fingerprint density at radius 3 is 2.94 bits per heavy atom. The van der Waals surface area contributed by atoms with Gasteiger partial charge in [0.15, 0.2) is 0 Å². The summed E-state index contributed by atoms with van der Waals surface area (Å²) in [7, 11) is 0. The standard InChI is InChI=1S/C13H20N2O/c1-10(12-6-8-16-9-12)15-11(2)13-5-3-4-7-14-13/h3-5,7,10-12,15H,6,8-9H2,1-2H3. The summed E-state index contributed by atoms with van der Waals surface area (Å²) in [5, 5.41) is 3.60. The zero-order chi connectivity index (χ0) is 11.4. The minimum Gasteiger partial charge on any atom is -0.381 e. The molecule has 1 aromatic rings. The van der Waals surface area contributed by atoms with E-state index in [2.05, 4.69) is 30.2 Å². The molecule has 1 fully saturated rings. The predicted octanol–water partition coefficient (Wildman–Crippen LogP) is 2.16. The highest BCUT2D eigenvalue weighted by Crippen LogP contribution is 2.19. The predicted molar refractivity (Wildman–Crippen MR) is 64.2 cm³/mol. The Labute approximate surface area is 97.2 Å². The van der Waals surface area contributed by atoms with Gasteiger partial charge in [0, 0.05) is 24.9 Å². The Balaban J connectivity index is 1.89. The maximum absolute atomic E-state index is 5.41. The van der Waals surface area contributed by atoms with Crippen LogP contribution in [-0.4, -0.2) is 24.2 Å². The van der Waals surface area contributed by atoms with Crippen LogP contribution in [-0.2, 0) is 4.74 Å². The molecule has 3 heteroatoms. The molecule has 3 unspecified atom stereocenters. The monoisotopic (exact) mass is 220 g/mol. The number of pyridine rings is 1. The number of hydrogen-bond donors (Lipinski definition) is 1. The molecule has 0 aliphatic carbocycles. The van der Waals surface area contributed by atoms with E-state index in [1.54, 1.807) is 0 Å². The molecule has 0 saturated carbocycles. The van der Waals surface area contributed by atoms with Gasteiger partial charge in [-0.25, -0.2) is 0 Å². The number of hydrogen-bond acceptors (Lipinski definition) is 3. The minimum absolute atomic E-state index is 0.303. The van der Waals surface area contributed by atoms with Crippen LogP contribution in [0.3, 0.4) is 0 Å². The second-order valence-electron chi connectivity index (χ2n) is 4.56. The average Bonchev–Trinajstić information content (AvgIpc) is 2.83. The molecular weight excluding hydrogens is 200 g/mol. The number of aromatic nitrogens is 1. The molecule has 1 saturated heterocycles. The first-order chi connectivity index (χ1) is 7.77. The molecule has 0 spiro atoms. The van der Waals surface area contributed by atoms with Gasteiger partial charge in [-0.15, -0.1) is 0 Å². The van der Waals surface area contributed by atoms with Crippen LogP contribution in [0, 0.1) is 5.92 Å². The third-order valence-electron chi connectivity index (χ3n) is 3.32. The highest BCUT2D eigenvalue weighted by molar-refractivity contribution is 5.07. The summed E-state index contributed by atoms with van der Waals surface area (Å²) >= 11 is 0. The maximum atomic E-state index is 5.41. The van der Waals surface area contributed by atoms with Gasteiger partial charge in [0.2, 0.25) is 0 Å². The largest absolute Gasteiger partial charge is 0.381 e. The Bertz CT molecular complexity index is 309. The third-order valence-corrected chi connectivity index (χ3v) is 3.32. The maximum Gasteiger partial charge on any atom is 0.0570 e. The SMILES string of the molecule is CC(NC(C)C1CCOC1)c1ccccn1. The van der Waals surface area contributed by atoms with E-state index in [0.29, 0.717) is 18.0 Å². The molecule has 0 radical (unpaired) electrons. The van der Waals surface area contributed by atoms with E-state index in [1.165, 1.54) is 6.42 Å².